The summed E-state index contributed by atoms with van der Waals surface area (Å²) in [6.07, 6.45) is 0. The molecular weight excluding hydrogens is 364 g/mol. The second kappa shape index (κ2) is 8.54. The molecule has 0 bridgehead atoms. The molecule has 0 radical (unpaired) electrons. The third kappa shape index (κ3) is 4.87. The van der Waals surface area contributed by atoms with E-state index in [-0.39, 0.29) is 23.9 Å². The molecule has 0 atom stereocenters. The monoisotopic (exact) mass is 390 g/mol. The molecule has 2 rings (SSSR count). The van der Waals surface area contributed by atoms with Crippen LogP contribution in [0.25, 0.3) is 0 Å². The van der Waals surface area contributed by atoms with Crippen LogP contribution in [-0.2, 0) is 21.4 Å². The molecule has 0 aliphatic heterocycles. The van der Waals surface area contributed by atoms with Gasteiger partial charge in [0.2, 0.25) is 15.9 Å². The number of hydrogen-bond acceptors (Lipinski definition) is 4. The summed E-state index contributed by atoms with van der Waals surface area (Å²) in [5, 5.41) is 2.74. The number of nitrogens with one attached hydrogen (secondary N) is 1. The van der Waals surface area contributed by atoms with Gasteiger partial charge < -0.3 is 10.1 Å². The molecule has 6 nitrogen and oxygen atoms in total. The molecule has 2 aromatic carbocycles. The summed E-state index contributed by atoms with van der Waals surface area (Å²) < 4.78 is 32.2. The van der Waals surface area contributed by atoms with Crippen molar-refractivity contribution in [2.75, 3.05) is 20.7 Å². The molecule has 146 valence electrons. The standard InChI is InChI=1S/C20H26N2O4S/c1-14-10-15(2)20(16(3)11-14)27(24,25)22(4)13-19(23)21-12-17-8-6-7-9-18(17)26-5/h6-11H,12-13H2,1-5H3,(H,21,23). The van der Waals surface area contributed by atoms with Crippen LogP contribution in [0.15, 0.2) is 41.3 Å². The van der Waals surface area contributed by atoms with Crippen LogP contribution in [0.2, 0.25) is 0 Å². The number of aryl methyl sites for hydroxylation is 3. The smallest absolute Gasteiger partial charge is 0.243 e. The molecule has 0 saturated carbocycles. The molecule has 0 saturated heterocycles. The number of carbonyl (C=O) groups is 1. The third-order valence-corrected chi connectivity index (χ3v) is 6.42. The molecule has 27 heavy (non-hydrogen) atoms. The van der Waals surface area contributed by atoms with Gasteiger partial charge in [0, 0.05) is 19.2 Å². The largest absolute Gasteiger partial charge is 0.496 e. The van der Waals surface area contributed by atoms with Crippen LogP contribution >= 0.6 is 0 Å². The van der Waals surface area contributed by atoms with E-state index >= 15 is 0 Å². The molecular formula is C20H26N2O4S. The Morgan fingerprint density at radius 1 is 1.11 bits per heavy atom. The van der Waals surface area contributed by atoms with Crippen molar-refractivity contribution in [2.45, 2.75) is 32.2 Å². The molecule has 0 unspecified atom stereocenters. The molecule has 0 aliphatic carbocycles. The minimum atomic E-state index is -3.76. The molecule has 0 heterocycles. The minimum Gasteiger partial charge on any atom is -0.496 e. The first kappa shape index (κ1) is 20.9. The Hall–Kier alpha value is -2.38. The summed E-state index contributed by atoms with van der Waals surface area (Å²) in [4.78, 5) is 12.5. The first-order valence-electron chi connectivity index (χ1n) is 8.59. The van der Waals surface area contributed by atoms with Gasteiger partial charge in [-0.05, 0) is 38.0 Å². The Kier molecular flexibility index (Phi) is 6.62. The van der Waals surface area contributed by atoms with Crippen LogP contribution in [0.4, 0.5) is 0 Å². The number of nitrogens with zero attached hydrogens (tertiary/aromatic N) is 1. The molecule has 1 N–H and O–H groups in total. The summed E-state index contributed by atoms with van der Waals surface area (Å²) in [6, 6.07) is 11.0. The van der Waals surface area contributed by atoms with E-state index in [1.807, 2.05) is 37.3 Å². The van der Waals surface area contributed by atoms with Gasteiger partial charge in [0.25, 0.3) is 0 Å². The Bertz CT molecular complexity index is 916. The lowest BCUT2D eigenvalue weighted by Crippen LogP contribution is -2.38. The van der Waals surface area contributed by atoms with E-state index in [4.69, 9.17) is 4.74 Å². The highest BCUT2D eigenvalue weighted by Crippen LogP contribution is 2.24. The van der Waals surface area contributed by atoms with Gasteiger partial charge in [-0.15, -0.1) is 0 Å². The molecule has 0 spiro atoms. The van der Waals surface area contributed by atoms with Gasteiger partial charge in [-0.3, -0.25) is 4.79 Å². The fourth-order valence-corrected chi connectivity index (χ4v) is 4.65. The topological polar surface area (TPSA) is 75.7 Å². The number of amides is 1. The zero-order chi connectivity index (χ0) is 20.2. The van der Waals surface area contributed by atoms with Crippen molar-refractivity contribution < 1.29 is 17.9 Å². The lowest BCUT2D eigenvalue weighted by molar-refractivity contribution is -0.121. The van der Waals surface area contributed by atoms with Gasteiger partial charge in [0.1, 0.15) is 5.75 Å². The summed E-state index contributed by atoms with van der Waals surface area (Å²) >= 11 is 0. The summed E-state index contributed by atoms with van der Waals surface area (Å²) in [6.45, 7) is 5.46. The van der Waals surface area contributed by atoms with E-state index < -0.39 is 10.0 Å². The van der Waals surface area contributed by atoms with E-state index in [2.05, 4.69) is 5.32 Å². The quantitative estimate of drug-likeness (QED) is 0.788. The second-order valence-corrected chi connectivity index (χ2v) is 8.56. The summed E-state index contributed by atoms with van der Waals surface area (Å²) in [7, 11) is -0.784. The fourth-order valence-electron chi connectivity index (χ4n) is 3.12. The molecule has 0 aromatic heterocycles. The molecule has 7 heteroatoms. The number of rotatable bonds is 7. The number of benzene rings is 2. The maximum absolute atomic E-state index is 12.9. The van der Waals surface area contributed by atoms with Crippen molar-refractivity contribution in [3.63, 3.8) is 0 Å². The van der Waals surface area contributed by atoms with Crippen LogP contribution in [0, 0.1) is 20.8 Å². The molecule has 0 fully saturated rings. The zero-order valence-corrected chi connectivity index (χ0v) is 17.2. The number of methoxy groups -OCH3 is 1. The van der Waals surface area contributed by atoms with Crippen molar-refractivity contribution in [3.05, 3.63) is 58.7 Å². The van der Waals surface area contributed by atoms with Gasteiger partial charge in [-0.25, -0.2) is 8.42 Å². The highest BCUT2D eigenvalue weighted by molar-refractivity contribution is 7.89. The average molecular weight is 391 g/mol. The van der Waals surface area contributed by atoms with Crippen LogP contribution < -0.4 is 10.1 Å². The van der Waals surface area contributed by atoms with Crippen molar-refractivity contribution in [2.24, 2.45) is 0 Å². The van der Waals surface area contributed by atoms with Crippen LogP contribution in [0.3, 0.4) is 0 Å². The van der Waals surface area contributed by atoms with Crippen molar-refractivity contribution >= 4 is 15.9 Å². The number of sulfonamides is 1. The Morgan fingerprint density at radius 2 is 1.70 bits per heavy atom. The van der Waals surface area contributed by atoms with Crippen LogP contribution in [0.5, 0.6) is 5.75 Å². The van der Waals surface area contributed by atoms with Crippen LogP contribution in [-0.4, -0.2) is 39.3 Å². The van der Waals surface area contributed by atoms with Crippen molar-refractivity contribution in [1.29, 1.82) is 0 Å². The molecule has 0 aliphatic rings. The second-order valence-electron chi connectivity index (χ2n) is 6.58. The minimum absolute atomic E-state index is 0.258. The number of carbonyl (C=O) groups excluding carboxylic acids is 1. The van der Waals surface area contributed by atoms with Gasteiger partial charge in [0.15, 0.2) is 0 Å². The van der Waals surface area contributed by atoms with Gasteiger partial charge in [-0.1, -0.05) is 35.9 Å². The summed E-state index contributed by atoms with van der Waals surface area (Å²) in [5.74, 6) is 0.291. The number of para-hydroxylation sites is 1. The highest BCUT2D eigenvalue weighted by Gasteiger charge is 2.26. The third-order valence-electron chi connectivity index (χ3n) is 4.31. The van der Waals surface area contributed by atoms with E-state index in [0.717, 1.165) is 15.4 Å². The lowest BCUT2D eigenvalue weighted by Gasteiger charge is -2.20. The Labute approximate surface area is 161 Å². The highest BCUT2D eigenvalue weighted by atomic mass is 32.2. The van der Waals surface area contributed by atoms with Gasteiger partial charge in [0.05, 0.1) is 18.6 Å². The van der Waals surface area contributed by atoms with E-state index in [9.17, 15) is 13.2 Å². The Balaban J connectivity index is 2.09. The van der Waals surface area contributed by atoms with Gasteiger partial charge >= 0.3 is 0 Å². The van der Waals surface area contributed by atoms with Crippen molar-refractivity contribution in [1.82, 2.24) is 9.62 Å². The first-order chi connectivity index (χ1) is 12.7. The number of ether oxygens (including phenoxy) is 1. The first-order valence-corrected chi connectivity index (χ1v) is 10.0. The predicted molar refractivity (Wildman–Crippen MR) is 105 cm³/mol. The number of hydrogen-bond donors (Lipinski definition) is 1. The summed E-state index contributed by atoms with van der Waals surface area (Å²) in [5.41, 5.74) is 3.17. The normalized spacial score (nSPS) is 11.5. The van der Waals surface area contributed by atoms with E-state index in [1.54, 1.807) is 27.0 Å². The zero-order valence-electron chi connectivity index (χ0n) is 16.4. The van der Waals surface area contributed by atoms with Crippen LogP contribution in [0.1, 0.15) is 22.3 Å². The fraction of sp³-hybridized carbons (Fsp3) is 0.350. The molecule has 1 amide bonds. The van der Waals surface area contributed by atoms with Gasteiger partial charge in [-0.2, -0.15) is 4.31 Å². The molecule has 2 aromatic rings. The SMILES string of the molecule is COc1ccccc1CNC(=O)CN(C)S(=O)(=O)c1c(C)cc(C)cc1C. The number of likely N-dealkylation sites (N-methyl/N-ethyl adjacent to an activating group) is 1. The average Bonchev–Trinajstić information content (AvgIpc) is 2.58. The maximum Gasteiger partial charge on any atom is 0.243 e. The predicted octanol–water partition coefficient (Wildman–Crippen LogP) is 2.56. The van der Waals surface area contributed by atoms with Crippen molar-refractivity contribution in [3.8, 4) is 5.75 Å². The lowest BCUT2D eigenvalue weighted by atomic mass is 10.1. The van der Waals surface area contributed by atoms with E-state index in [1.165, 1.54) is 7.05 Å². The Morgan fingerprint density at radius 3 is 2.30 bits per heavy atom. The maximum atomic E-state index is 12.9. The van der Waals surface area contributed by atoms with E-state index in [0.29, 0.717) is 16.9 Å².